The van der Waals surface area contributed by atoms with Crippen molar-refractivity contribution in [1.29, 1.82) is 0 Å². The maximum Gasteiger partial charge on any atom is 0.0951 e. The fourth-order valence-corrected chi connectivity index (χ4v) is 2.18. The Bertz CT molecular complexity index is 530. The first kappa shape index (κ1) is 12.8. The van der Waals surface area contributed by atoms with Gasteiger partial charge in [0, 0.05) is 25.0 Å². The number of rotatable bonds is 4. The van der Waals surface area contributed by atoms with Crippen molar-refractivity contribution in [1.82, 2.24) is 19.3 Å². The Morgan fingerprint density at radius 1 is 1.39 bits per heavy atom. The van der Waals surface area contributed by atoms with Crippen LogP contribution in [0, 0.1) is 0 Å². The molecule has 0 aliphatic rings. The largest absolute Gasteiger partial charge is 0.328 e. The molecular weight excluding hydrogens is 226 g/mol. The average molecular weight is 247 g/mol. The second-order valence-electron chi connectivity index (χ2n) is 5.26. The summed E-state index contributed by atoms with van der Waals surface area (Å²) in [5.41, 5.74) is 9.16. The second kappa shape index (κ2) is 4.57. The highest BCUT2D eigenvalue weighted by Crippen LogP contribution is 2.18. The van der Waals surface area contributed by atoms with E-state index in [9.17, 15) is 0 Å². The molecule has 0 aromatic carbocycles. The van der Waals surface area contributed by atoms with Crippen molar-refractivity contribution in [2.24, 2.45) is 12.8 Å². The third-order valence-electron chi connectivity index (χ3n) is 3.04. The summed E-state index contributed by atoms with van der Waals surface area (Å²) in [5, 5.41) is 4.45. The summed E-state index contributed by atoms with van der Waals surface area (Å²) in [6.45, 7) is 6.87. The molecule has 5 heteroatoms. The molecular formula is C13H21N5. The van der Waals surface area contributed by atoms with Gasteiger partial charge >= 0.3 is 0 Å². The van der Waals surface area contributed by atoms with Gasteiger partial charge in [0.05, 0.1) is 29.8 Å². The molecule has 0 atom stereocenters. The first-order valence-corrected chi connectivity index (χ1v) is 6.22. The lowest BCUT2D eigenvalue weighted by molar-refractivity contribution is 0.503. The molecule has 0 bridgehead atoms. The SMILES string of the molecule is CCc1nn(C)cc1Cn1cncc1C(C)(C)N. The van der Waals surface area contributed by atoms with E-state index in [-0.39, 0.29) is 5.54 Å². The standard InChI is InChI=1S/C13H21N5/c1-5-11-10(7-17(4)16-11)8-18-9-15-6-12(18)13(2,3)14/h6-7,9H,5,8,14H2,1-4H3. The van der Waals surface area contributed by atoms with Gasteiger partial charge in [0.1, 0.15) is 0 Å². The van der Waals surface area contributed by atoms with Crippen LogP contribution < -0.4 is 5.73 Å². The van der Waals surface area contributed by atoms with E-state index >= 15 is 0 Å². The number of aryl methyl sites for hydroxylation is 2. The van der Waals surface area contributed by atoms with E-state index in [0.717, 1.165) is 24.4 Å². The van der Waals surface area contributed by atoms with Gasteiger partial charge in [-0.1, -0.05) is 6.92 Å². The van der Waals surface area contributed by atoms with Gasteiger partial charge < -0.3 is 10.3 Å². The third kappa shape index (κ3) is 2.46. The lowest BCUT2D eigenvalue weighted by Crippen LogP contribution is -2.31. The monoisotopic (exact) mass is 247 g/mol. The molecule has 2 aromatic heterocycles. The highest BCUT2D eigenvalue weighted by molar-refractivity contribution is 5.20. The molecule has 2 rings (SSSR count). The molecule has 5 nitrogen and oxygen atoms in total. The lowest BCUT2D eigenvalue weighted by Gasteiger charge is -2.20. The first-order valence-electron chi connectivity index (χ1n) is 6.22. The van der Waals surface area contributed by atoms with E-state index in [4.69, 9.17) is 5.73 Å². The van der Waals surface area contributed by atoms with Crippen molar-refractivity contribution in [3.05, 3.63) is 35.7 Å². The van der Waals surface area contributed by atoms with E-state index in [1.165, 1.54) is 5.56 Å². The summed E-state index contributed by atoms with van der Waals surface area (Å²) >= 11 is 0. The van der Waals surface area contributed by atoms with Crippen LogP contribution in [0.2, 0.25) is 0 Å². The lowest BCUT2D eigenvalue weighted by atomic mass is 10.0. The number of nitrogens with two attached hydrogens (primary N) is 1. The van der Waals surface area contributed by atoms with E-state index in [0.29, 0.717) is 0 Å². The minimum atomic E-state index is -0.384. The van der Waals surface area contributed by atoms with Gasteiger partial charge in [-0.25, -0.2) is 4.98 Å². The van der Waals surface area contributed by atoms with Gasteiger partial charge in [0.15, 0.2) is 0 Å². The van der Waals surface area contributed by atoms with Crippen LogP contribution in [0.1, 0.15) is 37.7 Å². The van der Waals surface area contributed by atoms with Crippen molar-refractivity contribution in [3.8, 4) is 0 Å². The van der Waals surface area contributed by atoms with Gasteiger partial charge in [-0.05, 0) is 20.3 Å². The number of imidazole rings is 1. The van der Waals surface area contributed by atoms with Crippen LogP contribution in [0.5, 0.6) is 0 Å². The zero-order valence-corrected chi connectivity index (χ0v) is 11.5. The molecule has 0 radical (unpaired) electrons. The fourth-order valence-electron chi connectivity index (χ4n) is 2.18. The summed E-state index contributed by atoms with van der Waals surface area (Å²) in [5.74, 6) is 0. The summed E-state index contributed by atoms with van der Waals surface area (Å²) < 4.78 is 3.95. The smallest absolute Gasteiger partial charge is 0.0951 e. The van der Waals surface area contributed by atoms with E-state index < -0.39 is 0 Å². The number of aromatic nitrogens is 4. The maximum absolute atomic E-state index is 6.15. The van der Waals surface area contributed by atoms with Gasteiger partial charge in [-0.3, -0.25) is 4.68 Å². The van der Waals surface area contributed by atoms with Crippen LogP contribution in [-0.2, 0) is 25.6 Å². The van der Waals surface area contributed by atoms with Gasteiger partial charge in [-0.2, -0.15) is 5.10 Å². The van der Waals surface area contributed by atoms with Crippen LogP contribution in [0.25, 0.3) is 0 Å². The fraction of sp³-hybridized carbons (Fsp3) is 0.538. The summed E-state index contributed by atoms with van der Waals surface area (Å²) in [4.78, 5) is 4.20. The molecule has 2 aromatic rings. The summed E-state index contributed by atoms with van der Waals surface area (Å²) in [7, 11) is 1.95. The predicted octanol–water partition coefficient (Wildman–Crippen LogP) is 1.42. The molecule has 0 saturated heterocycles. The highest BCUT2D eigenvalue weighted by Gasteiger charge is 2.19. The Balaban J connectivity index is 2.32. The van der Waals surface area contributed by atoms with Crippen molar-refractivity contribution < 1.29 is 0 Å². The number of hydrogen-bond donors (Lipinski definition) is 1. The zero-order valence-electron chi connectivity index (χ0n) is 11.5. The molecule has 98 valence electrons. The zero-order chi connectivity index (χ0) is 13.3. The second-order valence-corrected chi connectivity index (χ2v) is 5.26. The molecule has 0 aliphatic carbocycles. The molecule has 0 aliphatic heterocycles. The molecule has 0 unspecified atom stereocenters. The molecule has 2 heterocycles. The highest BCUT2D eigenvalue weighted by atomic mass is 15.3. The Kier molecular flexibility index (Phi) is 3.26. The Morgan fingerprint density at radius 2 is 2.11 bits per heavy atom. The van der Waals surface area contributed by atoms with Crippen molar-refractivity contribution in [2.45, 2.75) is 39.3 Å². The Hall–Kier alpha value is -1.62. The molecule has 0 fully saturated rings. The summed E-state index contributed by atoms with van der Waals surface area (Å²) in [6.07, 6.45) is 6.66. The minimum Gasteiger partial charge on any atom is -0.328 e. The third-order valence-corrected chi connectivity index (χ3v) is 3.04. The van der Waals surface area contributed by atoms with Gasteiger partial charge in [-0.15, -0.1) is 0 Å². The quantitative estimate of drug-likeness (QED) is 0.889. The molecule has 0 amide bonds. The van der Waals surface area contributed by atoms with Crippen LogP contribution >= 0.6 is 0 Å². The normalized spacial score (nSPS) is 12.1. The molecule has 2 N–H and O–H groups in total. The number of hydrogen-bond acceptors (Lipinski definition) is 3. The van der Waals surface area contributed by atoms with Crippen molar-refractivity contribution in [2.75, 3.05) is 0 Å². The molecule has 0 saturated carbocycles. The Morgan fingerprint density at radius 3 is 2.72 bits per heavy atom. The average Bonchev–Trinajstić information content (AvgIpc) is 2.84. The topological polar surface area (TPSA) is 61.7 Å². The first-order chi connectivity index (χ1) is 8.41. The molecule has 0 spiro atoms. The van der Waals surface area contributed by atoms with E-state index in [2.05, 4.69) is 27.8 Å². The predicted molar refractivity (Wildman–Crippen MR) is 71.1 cm³/mol. The van der Waals surface area contributed by atoms with Crippen LogP contribution in [0.3, 0.4) is 0 Å². The summed E-state index contributed by atoms with van der Waals surface area (Å²) in [6, 6.07) is 0. The maximum atomic E-state index is 6.15. The van der Waals surface area contributed by atoms with Crippen molar-refractivity contribution >= 4 is 0 Å². The van der Waals surface area contributed by atoms with Crippen LogP contribution in [-0.4, -0.2) is 19.3 Å². The van der Waals surface area contributed by atoms with E-state index in [1.54, 1.807) is 0 Å². The van der Waals surface area contributed by atoms with Gasteiger partial charge in [0.2, 0.25) is 0 Å². The molecule has 18 heavy (non-hydrogen) atoms. The minimum absolute atomic E-state index is 0.384. The van der Waals surface area contributed by atoms with Crippen molar-refractivity contribution in [3.63, 3.8) is 0 Å². The van der Waals surface area contributed by atoms with E-state index in [1.807, 2.05) is 38.1 Å². The van der Waals surface area contributed by atoms with Gasteiger partial charge in [0.25, 0.3) is 0 Å². The van der Waals surface area contributed by atoms with Crippen LogP contribution in [0.15, 0.2) is 18.7 Å². The van der Waals surface area contributed by atoms with Crippen LogP contribution in [0.4, 0.5) is 0 Å². The number of nitrogens with zero attached hydrogens (tertiary/aromatic N) is 4. The Labute approximate surface area is 108 Å².